The first kappa shape index (κ1) is 12.6. The molecule has 0 saturated carbocycles. The second-order valence-corrected chi connectivity index (χ2v) is 4.47. The van der Waals surface area contributed by atoms with Crippen molar-refractivity contribution in [1.29, 1.82) is 0 Å². The average molecular weight is 237 g/mol. The highest BCUT2D eigenvalue weighted by Gasteiger charge is 1.97. The maximum Gasteiger partial charge on any atom is 0.332 e. The predicted molar refractivity (Wildman–Crippen MR) is 67.7 cm³/mol. The maximum atomic E-state index is 10.4. The third-order valence-corrected chi connectivity index (χ3v) is 2.99. The molecule has 0 aliphatic carbocycles. The zero-order chi connectivity index (χ0) is 12.0. The number of hydrogen-bond acceptors (Lipinski definition) is 3. The molecule has 0 aliphatic heterocycles. The van der Waals surface area contributed by atoms with Gasteiger partial charge in [-0.1, -0.05) is 17.7 Å². The van der Waals surface area contributed by atoms with E-state index in [-0.39, 0.29) is 0 Å². The molecule has 0 spiro atoms. The number of carbonyl (C=O) groups is 1. The van der Waals surface area contributed by atoms with Crippen molar-refractivity contribution in [3.05, 3.63) is 29.8 Å². The summed E-state index contributed by atoms with van der Waals surface area (Å²) < 4.78 is 0. The van der Waals surface area contributed by atoms with Crippen LogP contribution in [0, 0.1) is 6.92 Å². The van der Waals surface area contributed by atoms with E-state index >= 15 is 0 Å². The molecule has 0 unspecified atom stereocenters. The number of aryl methyl sites for hydroxylation is 1. The van der Waals surface area contributed by atoms with E-state index in [0.717, 1.165) is 11.5 Å². The van der Waals surface area contributed by atoms with Crippen molar-refractivity contribution in [2.24, 2.45) is 10.8 Å². The fourth-order valence-corrected chi connectivity index (χ4v) is 1.77. The van der Waals surface area contributed by atoms with Crippen LogP contribution in [0.1, 0.15) is 12.5 Å². The van der Waals surface area contributed by atoms with Crippen LogP contribution in [0.15, 0.2) is 34.3 Å². The van der Waals surface area contributed by atoms with Crippen LogP contribution in [0.5, 0.6) is 0 Å². The molecule has 5 heteroatoms. The van der Waals surface area contributed by atoms with E-state index in [0.29, 0.717) is 0 Å². The van der Waals surface area contributed by atoms with Gasteiger partial charge in [0.2, 0.25) is 0 Å². The Balaban J connectivity index is 2.42. The van der Waals surface area contributed by atoms with Crippen LogP contribution in [0.3, 0.4) is 0 Å². The standard InChI is InChI=1S/C11H15N3OS/c1-8-3-5-10(6-4-8)16-7-9(2)13-14-11(12)15/h3-6H,7H2,1-2H3,(H3,12,14,15)/b13-9+. The minimum absolute atomic E-state index is 0.639. The Kier molecular flexibility index (Phi) is 4.85. The number of amides is 2. The molecule has 0 heterocycles. The van der Waals surface area contributed by atoms with Crippen LogP contribution < -0.4 is 11.2 Å². The van der Waals surface area contributed by atoms with E-state index < -0.39 is 6.03 Å². The molecule has 2 amide bonds. The number of thioether (sulfide) groups is 1. The van der Waals surface area contributed by atoms with E-state index in [4.69, 9.17) is 5.73 Å². The van der Waals surface area contributed by atoms with Crippen molar-refractivity contribution >= 4 is 23.5 Å². The lowest BCUT2D eigenvalue weighted by Crippen LogP contribution is -2.25. The molecule has 0 aromatic heterocycles. The summed E-state index contributed by atoms with van der Waals surface area (Å²) in [7, 11) is 0. The highest BCUT2D eigenvalue weighted by atomic mass is 32.2. The van der Waals surface area contributed by atoms with Gasteiger partial charge in [-0.15, -0.1) is 11.8 Å². The predicted octanol–water partition coefficient (Wildman–Crippen LogP) is 2.13. The van der Waals surface area contributed by atoms with Crippen LogP contribution in [0.4, 0.5) is 4.79 Å². The molecule has 1 aromatic rings. The molecule has 0 aliphatic rings. The average Bonchev–Trinajstić information content (AvgIpc) is 2.25. The highest BCUT2D eigenvalue weighted by molar-refractivity contribution is 8.00. The smallest absolute Gasteiger partial charge is 0.332 e. The largest absolute Gasteiger partial charge is 0.350 e. The highest BCUT2D eigenvalue weighted by Crippen LogP contribution is 2.18. The molecule has 0 radical (unpaired) electrons. The molecule has 0 saturated heterocycles. The Morgan fingerprint density at radius 3 is 2.62 bits per heavy atom. The number of hydrazone groups is 1. The molecule has 0 fully saturated rings. The second-order valence-electron chi connectivity index (χ2n) is 3.42. The molecule has 86 valence electrons. The molecular weight excluding hydrogens is 222 g/mol. The summed E-state index contributed by atoms with van der Waals surface area (Å²) in [6.07, 6.45) is 0. The number of carbonyl (C=O) groups excluding carboxylic acids is 1. The first-order valence-electron chi connectivity index (χ1n) is 4.86. The lowest BCUT2D eigenvalue weighted by molar-refractivity contribution is 0.249. The first-order chi connectivity index (χ1) is 7.58. The lowest BCUT2D eigenvalue weighted by atomic mass is 10.2. The molecular formula is C11H15N3OS. The number of nitrogens with zero attached hydrogens (tertiary/aromatic N) is 1. The number of nitrogens with one attached hydrogen (secondary N) is 1. The summed E-state index contributed by atoms with van der Waals surface area (Å²) >= 11 is 1.67. The lowest BCUT2D eigenvalue weighted by Gasteiger charge is -2.02. The van der Waals surface area contributed by atoms with Crippen LogP contribution >= 0.6 is 11.8 Å². The van der Waals surface area contributed by atoms with E-state index in [9.17, 15) is 4.79 Å². The van der Waals surface area contributed by atoms with Crippen molar-refractivity contribution < 1.29 is 4.79 Å². The van der Waals surface area contributed by atoms with Gasteiger partial charge < -0.3 is 5.73 Å². The number of urea groups is 1. The van der Waals surface area contributed by atoms with Gasteiger partial charge in [-0.25, -0.2) is 10.2 Å². The first-order valence-corrected chi connectivity index (χ1v) is 5.84. The van der Waals surface area contributed by atoms with Gasteiger partial charge in [0.05, 0.1) is 0 Å². The molecule has 3 N–H and O–H groups in total. The van der Waals surface area contributed by atoms with Crippen LogP contribution in [-0.2, 0) is 0 Å². The summed E-state index contributed by atoms with van der Waals surface area (Å²) in [5, 5.41) is 3.83. The number of primary amides is 1. The minimum atomic E-state index is -0.639. The monoisotopic (exact) mass is 237 g/mol. The van der Waals surface area contributed by atoms with Crippen molar-refractivity contribution in [1.82, 2.24) is 5.43 Å². The third-order valence-electron chi connectivity index (χ3n) is 1.83. The van der Waals surface area contributed by atoms with E-state index in [1.165, 1.54) is 10.5 Å². The normalized spacial score (nSPS) is 11.2. The van der Waals surface area contributed by atoms with E-state index in [2.05, 4.69) is 41.7 Å². The second kappa shape index (κ2) is 6.17. The SMILES string of the molecule is C/C(CSc1ccc(C)cc1)=N\NC(N)=O. The zero-order valence-corrected chi connectivity index (χ0v) is 10.2. The van der Waals surface area contributed by atoms with Crippen molar-refractivity contribution in [3.63, 3.8) is 0 Å². The minimum Gasteiger partial charge on any atom is -0.350 e. The number of nitrogens with two attached hydrogens (primary N) is 1. The topological polar surface area (TPSA) is 67.5 Å². The quantitative estimate of drug-likeness (QED) is 0.478. The maximum absolute atomic E-state index is 10.4. The van der Waals surface area contributed by atoms with Crippen LogP contribution in [-0.4, -0.2) is 17.5 Å². The van der Waals surface area contributed by atoms with Gasteiger partial charge in [0, 0.05) is 16.4 Å². The van der Waals surface area contributed by atoms with Gasteiger partial charge in [-0.3, -0.25) is 0 Å². The molecule has 0 bridgehead atoms. The Hall–Kier alpha value is -1.49. The van der Waals surface area contributed by atoms with Crippen molar-refractivity contribution in [2.45, 2.75) is 18.7 Å². The van der Waals surface area contributed by atoms with Gasteiger partial charge in [0.1, 0.15) is 0 Å². The Morgan fingerprint density at radius 1 is 1.44 bits per heavy atom. The summed E-state index contributed by atoms with van der Waals surface area (Å²) in [5.74, 6) is 0.726. The van der Waals surface area contributed by atoms with Crippen molar-refractivity contribution in [2.75, 3.05) is 5.75 Å². The molecule has 1 rings (SSSR count). The van der Waals surface area contributed by atoms with Crippen molar-refractivity contribution in [3.8, 4) is 0 Å². The number of rotatable bonds is 4. The van der Waals surface area contributed by atoms with E-state index in [1.807, 2.05) is 6.92 Å². The molecule has 16 heavy (non-hydrogen) atoms. The molecule has 0 atom stereocenters. The fourth-order valence-electron chi connectivity index (χ4n) is 1.01. The van der Waals surface area contributed by atoms with Gasteiger partial charge in [0.15, 0.2) is 0 Å². The number of hydrogen-bond donors (Lipinski definition) is 2. The van der Waals surface area contributed by atoms with Gasteiger partial charge >= 0.3 is 6.03 Å². The number of benzene rings is 1. The zero-order valence-electron chi connectivity index (χ0n) is 9.36. The molecule has 1 aromatic carbocycles. The Morgan fingerprint density at radius 2 is 2.06 bits per heavy atom. The Labute approximate surface area is 99.3 Å². The van der Waals surface area contributed by atoms with Crippen LogP contribution in [0.2, 0.25) is 0 Å². The Bertz CT molecular complexity index is 387. The van der Waals surface area contributed by atoms with E-state index in [1.54, 1.807) is 11.8 Å². The van der Waals surface area contributed by atoms with Gasteiger partial charge in [-0.05, 0) is 26.0 Å². The summed E-state index contributed by atoms with van der Waals surface area (Å²) in [6, 6.07) is 7.62. The van der Waals surface area contributed by atoms with Crippen LogP contribution in [0.25, 0.3) is 0 Å². The summed E-state index contributed by atoms with van der Waals surface area (Å²) in [5.41, 5.74) is 9.17. The van der Waals surface area contributed by atoms with Gasteiger partial charge in [-0.2, -0.15) is 5.10 Å². The van der Waals surface area contributed by atoms with Gasteiger partial charge in [0.25, 0.3) is 0 Å². The molecule has 4 nitrogen and oxygen atoms in total. The fraction of sp³-hybridized carbons (Fsp3) is 0.273. The third kappa shape index (κ3) is 4.84. The summed E-state index contributed by atoms with van der Waals surface area (Å²) in [4.78, 5) is 11.6. The summed E-state index contributed by atoms with van der Waals surface area (Å²) in [6.45, 7) is 3.90.